The van der Waals surface area contributed by atoms with Crippen LogP contribution in [0, 0.1) is 0 Å². The summed E-state index contributed by atoms with van der Waals surface area (Å²) in [6.07, 6.45) is 10.6. The predicted octanol–water partition coefficient (Wildman–Crippen LogP) is 2.87. The molecule has 0 atom stereocenters. The van der Waals surface area contributed by atoms with Gasteiger partial charge in [0.25, 0.3) is 0 Å². The number of anilines is 1. The zero-order chi connectivity index (χ0) is 13.9. The smallest absolute Gasteiger partial charge is 0.207 e. The Morgan fingerprint density at radius 3 is 3.00 bits per heavy atom. The normalized spacial score (nSPS) is 11.3. The van der Waals surface area contributed by atoms with Crippen molar-refractivity contribution in [1.82, 2.24) is 10.3 Å². The highest BCUT2D eigenvalue weighted by atomic mass is 32.1. The van der Waals surface area contributed by atoms with E-state index in [4.69, 9.17) is 0 Å². The second-order valence-corrected chi connectivity index (χ2v) is 4.54. The zero-order valence-electron chi connectivity index (χ0n) is 10.6. The number of hydrogen-bond acceptors (Lipinski definition) is 4. The van der Waals surface area contributed by atoms with Crippen LogP contribution < -0.4 is 10.6 Å². The van der Waals surface area contributed by atoms with Gasteiger partial charge in [0.15, 0.2) is 5.13 Å². The number of hydrogen-bond donors (Lipinski definition) is 2. The Hall–Kier alpha value is -2.14. The number of aromatic nitrogens is 1. The molecule has 0 aliphatic rings. The molecule has 19 heavy (non-hydrogen) atoms. The monoisotopic (exact) mass is 275 g/mol. The molecule has 2 N–H and O–H groups in total. The van der Waals surface area contributed by atoms with Gasteiger partial charge in [0.1, 0.15) is 0 Å². The summed E-state index contributed by atoms with van der Waals surface area (Å²) in [4.78, 5) is 14.4. The van der Waals surface area contributed by atoms with Gasteiger partial charge in [-0.15, -0.1) is 11.3 Å². The molecule has 4 nitrogen and oxygen atoms in total. The van der Waals surface area contributed by atoms with Crippen LogP contribution in [0.5, 0.6) is 0 Å². The molecule has 0 aromatic carbocycles. The molecule has 0 spiro atoms. The van der Waals surface area contributed by atoms with Crippen LogP contribution in [0.4, 0.5) is 5.13 Å². The molecular weight excluding hydrogens is 258 g/mol. The molecule has 0 saturated carbocycles. The lowest BCUT2D eigenvalue weighted by Gasteiger charge is -2.03. The number of thiazole rings is 1. The standard InChI is InChI=1S/C14H17N3OS/c1-3-5-13(10-15-11-18)7-4-6-12(2)17-14-16-8-9-19-14/h3-5,7-9,11H,1-2,6,10H2,(H,15,18)(H,16,17)/b7-4-,13-5+. The first-order valence-electron chi connectivity index (χ1n) is 5.75. The van der Waals surface area contributed by atoms with E-state index in [9.17, 15) is 4.79 Å². The molecule has 0 fully saturated rings. The van der Waals surface area contributed by atoms with Gasteiger partial charge in [-0.05, 0) is 5.57 Å². The maximum Gasteiger partial charge on any atom is 0.207 e. The molecule has 1 aromatic rings. The summed E-state index contributed by atoms with van der Waals surface area (Å²) in [6, 6.07) is 0. The topological polar surface area (TPSA) is 54.0 Å². The van der Waals surface area contributed by atoms with E-state index in [0.717, 1.165) is 16.4 Å². The van der Waals surface area contributed by atoms with Crippen molar-refractivity contribution in [3.63, 3.8) is 0 Å². The minimum Gasteiger partial charge on any atom is -0.355 e. The summed E-state index contributed by atoms with van der Waals surface area (Å²) in [5.41, 5.74) is 1.84. The minimum atomic E-state index is 0.485. The first-order chi connectivity index (χ1) is 9.26. The number of allylic oxidation sites excluding steroid dienone is 3. The van der Waals surface area contributed by atoms with Crippen molar-refractivity contribution in [2.24, 2.45) is 0 Å². The quantitative estimate of drug-likeness (QED) is 0.538. The molecule has 100 valence electrons. The fourth-order valence-corrected chi connectivity index (χ4v) is 1.90. The van der Waals surface area contributed by atoms with Gasteiger partial charge in [0, 0.05) is 30.2 Å². The van der Waals surface area contributed by atoms with E-state index >= 15 is 0 Å². The van der Waals surface area contributed by atoms with Crippen LogP contribution in [0.3, 0.4) is 0 Å². The Morgan fingerprint density at radius 2 is 2.37 bits per heavy atom. The molecule has 1 heterocycles. The van der Waals surface area contributed by atoms with Gasteiger partial charge in [0.2, 0.25) is 6.41 Å². The molecule has 0 bridgehead atoms. The summed E-state index contributed by atoms with van der Waals surface area (Å²) < 4.78 is 0. The Bertz CT molecular complexity index is 475. The Morgan fingerprint density at radius 1 is 1.53 bits per heavy atom. The highest BCUT2D eigenvalue weighted by Gasteiger charge is 1.96. The van der Waals surface area contributed by atoms with Crippen LogP contribution in [0.1, 0.15) is 6.42 Å². The van der Waals surface area contributed by atoms with Crippen LogP contribution in [-0.4, -0.2) is 17.9 Å². The maximum atomic E-state index is 10.3. The fraction of sp³-hybridized carbons (Fsp3) is 0.143. The number of nitrogens with one attached hydrogen (secondary N) is 2. The summed E-state index contributed by atoms with van der Waals surface area (Å²) >= 11 is 1.53. The van der Waals surface area contributed by atoms with Crippen LogP contribution in [0.15, 0.2) is 60.3 Å². The first-order valence-corrected chi connectivity index (χ1v) is 6.63. The van der Waals surface area contributed by atoms with E-state index in [1.807, 2.05) is 23.6 Å². The maximum absolute atomic E-state index is 10.3. The Balaban J connectivity index is 2.42. The number of carbonyl (C=O) groups excluding carboxylic acids is 1. The average Bonchev–Trinajstić information content (AvgIpc) is 2.88. The van der Waals surface area contributed by atoms with Crippen molar-refractivity contribution in [1.29, 1.82) is 0 Å². The molecule has 5 heteroatoms. The van der Waals surface area contributed by atoms with Crippen molar-refractivity contribution in [3.05, 3.63) is 60.3 Å². The molecular formula is C14H17N3OS. The van der Waals surface area contributed by atoms with E-state index in [1.165, 1.54) is 11.3 Å². The largest absolute Gasteiger partial charge is 0.355 e. The number of rotatable bonds is 9. The SMILES string of the molecule is C=C/C=C(\C=C/CC(=C)Nc1nccs1)CNC=O. The number of nitrogens with zero attached hydrogens (tertiary/aromatic N) is 1. The van der Waals surface area contributed by atoms with Crippen molar-refractivity contribution >= 4 is 22.9 Å². The molecule has 1 amide bonds. The average molecular weight is 275 g/mol. The third kappa shape index (κ3) is 6.38. The van der Waals surface area contributed by atoms with Gasteiger partial charge in [-0.25, -0.2) is 4.98 Å². The fourth-order valence-electron chi connectivity index (χ4n) is 1.32. The van der Waals surface area contributed by atoms with Crippen LogP contribution in [-0.2, 0) is 4.79 Å². The lowest BCUT2D eigenvalue weighted by atomic mass is 10.2. The number of carbonyl (C=O) groups is 1. The second-order valence-electron chi connectivity index (χ2n) is 3.65. The zero-order valence-corrected chi connectivity index (χ0v) is 11.5. The van der Waals surface area contributed by atoms with Gasteiger partial charge >= 0.3 is 0 Å². The summed E-state index contributed by atoms with van der Waals surface area (Å²) in [5.74, 6) is 0. The predicted molar refractivity (Wildman–Crippen MR) is 81.0 cm³/mol. The van der Waals surface area contributed by atoms with Crippen molar-refractivity contribution in [2.45, 2.75) is 6.42 Å². The van der Waals surface area contributed by atoms with Crippen LogP contribution >= 0.6 is 11.3 Å². The molecule has 1 rings (SSSR count). The van der Waals surface area contributed by atoms with Crippen LogP contribution in [0.25, 0.3) is 0 Å². The van der Waals surface area contributed by atoms with E-state index in [2.05, 4.69) is 28.8 Å². The second kappa shape index (κ2) is 8.88. The third-order valence-corrected chi connectivity index (χ3v) is 2.82. The molecule has 0 aliphatic heterocycles. The third-order valence-electron chi connectivity index (χ3n) is 2.13. The minimum absolute atomic E-state index is 0.485. The van der Waals surface area contributed by atoms with Gasteiger partial charge in [-0.1, -0.05) is 37.5 Å². The highest BCUT2D eigenvalue weighted by Crippen LogP contribution is 2.14. The molecule has 0 radical (unpaired) electrons. The molecule has 0 aliphatic carbocycles. The van der Waals surface area contributed by atoms with E-state index in [-0.39, 0.29) is 0 Å². The lowest BCUT2D eigenvalue weighted by Crippen LogP contribution is -2.13. The summed E-state index contributed by atoms with van der Waals surface area (Å²) in [7, 11) is 0. The van der Waals surface area contributed by atoms with Crippen LogP contribution in [0.2, 0.25) is 0 Å². The summed E-state index contributed by atoms with van der Waals surface area (Å²) in [6.45, 7) is 8.05. The van der Waals surface area contributed by atoms with Crippen molar-refractivity contribution < 1.29 is 4.79 Å². The van der Waals surface area contributed by atoms with Gasteiger partial charge in [-0.3, -0.25) is 4.79 Å². The molecule has 0 saturated heterocycles. The van der Waals surface area contributed by atoms with E-state index in [0.29, 0.717) is 19.4 Å². The highest BCUT2D eigenvalue weighted by molar-refractivity contribution is 7.13. The van der Waals surface area contributed by atoms with Gasteiger partial charge < -0.3 is 10.6 Å². The van der Waals surface area contributed by atoms with E-state index in [1.54, 1.807) is 12.3 Å². The van der Waals surface area contributed by atoms with Crippen molar-refractivity contribution in [2.75, 3.05) is 11.9 Å². The lowest BCUT2D eigenvalue weighted by molar-refractivity contribution is -0.109. The van der Waals surface area contributed by atoms with Crippen molar-refractivity contribution in [3.8, 4) is 0 Å². The van der Waals surface area contributed by atoms with Gasteiger partial charge in [0.05, 0.1) is 0 Å². The number of amides is 1. The van der Waals surface area contributed by atoms with E-state index < -0.39 is 0 Å². The first kappa shape index (κ1) is 14.9. The summed E-state index contributed by atoms with van der Waals surface area (Å²) in [5, 5.41) is 8.47. The van der Waals surface area contributed by atoms with Gasteiger partial charge in [-0.2, -0.15) is 0 Å². The molecule has 0 unspecified atom stereocenters. The Kier molecular flexibility index (Phi) is 6.97. The molecule has 1 aromatic heterocycles. The Labute approximate surface area is 117 Å².